The first kappa shape index (κ1) is 45.5. The molecule has 16 heteroatoms. The van der Waals surface area contributed by atoms with E-state index in [1.807, 2.05) is 6.92 Å². The van der Waals surface area contributed by atoms with Crippen molar-refractivity contribution in [1.29, 1.82) is 0 Å². The van der Waals surface area contributed by atoms with Crippen LogP contribution < -0.4 is 14.2 Å². The minimum atomic E-state index is -0.937. The van der Waals surface area contributed by atoms with Crippen LogP contribution in [0.15, 0.2) is 49.6 Å². The third-order valence-electron chi connectivity index (χ3n) is 8.30. The van der Waals surface area contributed by atoms with Crippen LogP contribution in [0.5, 0.6) is 17.2 Å². The van der Waals surface area contributed by atoms with Gasteiger partial charge in [0.15, 0.2) is 11.5 Å². The van der Waals surface area contributed by atoms with Gasteiger partial charge in [-0.1, -0.05) is 20.1 Å². The monoisotopic (exact) mass is 770 g/mol. The van der Waals surface area contributed by atoms with Crippen molar-refractivity contribution in [3.8, 4) is 17.2 Å². The molecular formula is C39H50N2O14. The van der Waals surface area contributed by atoms with Gasteiger partial charge >= 0.3 is 11.9 Å². The SMILES string of the molecule is C=CC(=O)OC(C)c1cc(CC)c(OCCCC(=O)CCCOCCCC(=O)CCCOc2cc([N+](=O)[O-])c(C(C)OC(=O)C=C)cc2OC)cc1[N+](=O)[O-]. The van der Waals surface area contributed by atoms with Gasteiger partial charge in [0.1, 0.15) is 29.5 Å². The normalized spacial score (nSPS) is 11.8. The number of rotatable bonds is 28. The fourth-order valence-electron chi connectivity index (χ4n) is 5.42. The van der Waals surface area contributed by atoms with E-state index in [2.05, 4.69) is 13.2 Å². The molecule has 0 saturated heterocycles. The molecule has 16 nitrogen and oxygen atoms in total. The van der Waals surface area contributed by atoms with Crippen LogP contribution >= 0.6 is 0 Å². The zero-order valence-corrected chi connectivity index (χ0v) is 31.8. The van der Waals surface area contributed by atoms with Crippen molar-refractivity contribution < 1.29 is 57.4 Å². The summed E-state index contributed by atoms with van der Waals surface area (Å²) in [5.74, 6) is -0.705. The summed E-state index contributed by atoms with van der Waals surface area (Å²) in [5.41, 5.74) is 0.533. The van der Waals surface area contributed by atoms with Crippen molar-refractivity contribution in [2.24, 2.45) is 0 Å². The number of methoxy groups -OCH3 is 1. The molecule has 2 atom stereocenters. The number of nitro groups is 2. The van der Waals surface area contributed by atoms with Crippen molar-refractivity contribution in [1.82, 2.24) is 0 Å². The number of hydrogen-bond donors (Lipinski definition) is 0. The van der Waals surface area contributed by atoms with Crippen LogP contribution in [0.3, 0.4) is 0 Å². The number of ether oxygens (including phenoxy) is 6. The van der Waals surface area contributed by atoms with Crippen molar-refractivity contribution in [3.63, 3.8) is 0 Å². The van der Waals surface area contributed by atoms with Gasteiger partial charge in [-0.2, -0.15) is 0 Å². The van der Waals surface area contributed by atoms with Crippen LogP contribution in [-0.4, -0.2) is 66.9 Å². The predicted molar refractivity (Wildman–Crippen MR) is 200 cm³/mol. The van der Waals surface area contributed by atoms with Gasteiger partial charge in [-0.15, -0.1) is 0 Å². The standard InChI is InChI=1S/C39H50N2O14/c1-7-28-22-31(26(4)54-38(44)8-2)33(40(46)47)24-35(28)52-20-12-16-29(42)14-10-18-51-19-11-15-30(43)17-13-21-53-37-25-34(41(48)49)32(23-36(37)50-6)27(5)55-39(45)9-3/h8-9,22-27H,2-3,7,10-21H2,1,4-6H3. The summed E-state index contributed by atoms with van der Waals surface area (Å²) in [6, 6.07) is 5.49. The van der Waals surface area contributed by atoms with Gasteiger partial charge in [0.05, 0.1) is 53.4 Å². The summed E-state index contributed by atoms with van der Waals surface area (Å²) < 4.78 is 32.7. The second-order valence-corrected chi connectivity index (χ2v) is 12.3. The number of nitrogens with zero attached hydrogens (tertiary/aromatic N) is 2. The van der Waals surface area contributed by atoms with E-state index in [-0.39, 0.29) is 71.6 Å². The molecule has 2 unspecified atom stereocenters. The van der Waals surface area contributed by atoms with Crippen molar-refractivity contribution in [3.05, 3.63) is 86.5 Å². The van der Waals surface area contributed by atoms with Crippen LogP contribution in [-0.2, 0) is 39.8 Å². The molecule has 0 spiro atoms. The molecule has 2 aromatic carbocycles. The van der Waals surface area contributed by atoms with E-state index in [9.17, 15) is 39.4 Å². The Labute approximate surface area is 320 Å². The van der Waals surface area contributed by atoms with Gasteiger partial charge in [0.2, 0.25) is 0 Å². The molecule has 0 aliphatic carbocycles. The Balaban J connectivity index is 1.66. The molecule has 0 saturated carbocycles. The molecule has 0 aromatic heterocycles. The molecule has 0 fully saturated rings. The fraction of sp³-hybridized carbons (Fsp3) is 0.487. The summed E-state index contributed by atoms with van der Waals surface area (Å²) >= 11 is 0. The zero-order chi connectivity index (χ0) is 40.9. The van der Waals surface area contributed by atoms with Crippen molar-refractivity contribution >= 4 is 34.9 Å². The maximum atomic E-state index is 12.4. The highest BCUT2D eigenvalue weighted by atomic mass is 16.6. The summed E-state index contributed by atoms with van der Waals surface area (Å²) in [4.78, 5) is 70.1. The van der Waals surface area contributed by atoms with Crippen LogP contribution in [0.4, 0.5) is 11.4 Å². The number of hydrogen-bond acceptors (Lipinski definition) is 14. The van der Waals surface area contributed by atoms with Crippen molar-refractivity contribution in [2.75, 3.05) is 33.5 Å². The van der Waals surface area contributed by atoms with E-state index in [1.54, 1.807) is 13.0 Å². The molecule has 0 bridgehead atoms. The van der Waals surface area contributed by atoms with Crippen molar-refractivity contribution in [2.45, 2.75) is 90.8 Å². The second kappa shape index (κ2) is 23.9. The minimum Gasteiger partial charge on any atom is -0.493 e. The summed E-state index contributed by atoms with van der Waals surface area (Å²) in [6.07, 6.45) is 3.64. The van der Waals surface area contributed by atoms with Gasteiger partial charge in [0, 0.05) is 51.0 Å². The van der Waals surface area contributed by atoms with Gasteiger partial charge in [-0.05, 0) is 63.6 Å². The van der Waals surface area contributed by atoms with E-state index < -0.39 is 34.0 Å². The molecule has 0 heterocycles. The van der Waals surface area contributed by atoms with Crippen LogP contribution in [0.2, 0.25) is 0 Å². The number of nitro benzene ring substituents is 2. The third kappa shape index (κ3) is 15.3. The smallest absolute Gasteiger partial charge is 0.330 e. The number of carbonyl (C=O) groups excluding carboxylic acids is 4. The van der Waals surface area contributed by atoms with Crippen LogP contribution in [0.25, 0.3) is 0 Å². The summed E-state index contributed by atoms with van der Waals surface area (Å²) in [5, 5.41) is 23.4. The Bertz CT molecular complexity index is 1570. The van der Waals surface area contributed by atoms with Gasteiger partial charge in [-0.3, -0.25) is 29.8 Å². The average molecular weight is 771 g/mol. The van der Waals surface area contributed by atoms with E-state index in [0.717, 1.165) is 12.2 Å². The minimum absolute atomic E-state index is 0.0101. The summed E-state index contributed by atoms with van der Waals surface area (Å²) in [7, 11) is 1.37. The molecule has 0 aliphatic heterocycles. The molecular weight excluding hydrogens is 720 g/mol. The van der Waals surface area contributed by atoms with Gasteiger partial charge < -0.3 is 28.4 Å². The lowest BCUT2D eigenvalue weighted by atomic mass is 10.0. The maximum absolute atomic E-state index is 12.4. The number of carbonyl (C=O) groups is 4. The van der Waals surface area contributed by atoms with E-state index in [1.165, 1.54) is 32.2 Å². The Morgan fingerprint density at radius 1 is 0.673 bits per heavy atom. The lowest BCUT2D eigenvalue weighted by Crippen LogP contribution is -2.10. The highest BCUT2D eigenvalue weighted by Crippen LogP contribution is 2.39. The molecule has 55 heavy (non-hydrogen) atoms. The number of esters is 2. The second-order valence-electron chi connectivity index (χ2n) is 12.3. The lowest BCUT2D eigenvalue weighted by Gasteiger charge is -2.16. The molecule has 0 amide bonds. The fourth-order valence-corrected chi connectivity index (χ4v) is 5.42. The third-order valence-corrected chi connectivity index (χ3v) is 8.30. The van der Waals surface area contributed by atoms with Crippen LogP contribution in [0.1, 0.15) is 101 Å². The summed E-state index contributed by atoms with van der Waals surface area (Å²) in [6.45, 7) is 12.6. The van der Waals surface area contributed by atoms with E-state index >= 15 is 0 Å². The average Bonchev–Trinajstić information content (AvgIpc) is 3.16. The molecule has 0 radical (unpaired) electrons. The number of ketones is 2. The first-order chi connectivity index (χ1) is 26.3. The zero-order valence-electron chi connectivity index (χ0n) is 31.8. The maximum Gasteiger partial charge on any atom is 0.330 e. The molecule has 0 aliphatic rings. The molecule has 300 valence electrons. The van der Waals surface area contributed by atoms with E-state index in [0.29, 0.717) is 69.5 Å². The number of aryl methyl sites for hydroxylation is 1. The molecule has 2 rings (SSSR count). The van der Waals surface area contributed by atoms with Gasteiger partial charge in [0.25, 0.3) is 11.4 Å². The lowest BCUT2D eigenvalue weighted by molar-refractivity contribution is -0.386. The quantitative estimate of drug-likeness (QED) is 0.0272. The molecule has 2 aromatic rings. The first-order valence-electron chi connectivity index (χ1n) is 18.0. The Kier molecular flexibility index (Phi) is 19.8. The highest BCUT2D eigenvalue weighted by molar-refractivity contribution is 5.82. The van der Waals surface area contributed by atoms with Gasteiger partial charge in [-0.25, -0.2) is 9.59 Å². The predicted octanol–water partition coefficient (Wildman–Crippen LogP) is 7.39. The Hall–Kier alpha value is -5.64. The molecule has 0 N–H and O–H groups in total. The van der Waals surface area contributed by atoms with E-state index in [4.69, 9.17) is 28.4 Å². The largest absolute Gasteiger partial charge is 0.493 e. The Morgan fingerprint density at radius 2 is 1.09 bits per heavy atom. The topological polar surface area (TPSA) is 210 Å². The highest BCUT2D eigenvalue weighted by Gasteiger charge is 2.26. The van der Waals surface area contributed by atoms with Crippen LogP contribution in [0, 0.1) is 20.2 Å². The number of benzene rings is 2. The first-order valence-corrected chi connectivity index (χ1v) is 18.0. The number of Topliss-reactive ketones (excluding diaryl/α,β-unsaturated/α-hetero) is 2. The Morgan fingerprint density at radius 3 is 1.51 bits per heavy atom.